The summed E-state index contributed by atoms with van der Waals surface area (Å²) >= 11 is 0. The van der Waals surface area contributed by atoms with Crippen LogP contribution in [0.25, 0.3) is 0 Å². The molecule has 1 aromatic carbocycles. The third-order valence-corrected chi connectivity index (χ3v) is 3.29. The van der Waals surface area contributed by atoms with Gasteiger partial charge >= 0.3 is 0 Å². The summed E-state index contributed by atoms with van der Waals surface area (Å²) in [6.45, 7) is 10.9. The number of amides is 1. The highest BCUT2D eigenvalue weighted by Gasteiger charge is 2.17. The monoisotopic (exact) mass is 277 g/mol. The smallest absolute Gasteiger partial charge is 0.260 e. The lowest BCUT2D eigenvalue weighted by molar-refractivity contribution is -0.127. The van der Waals surface area contributed by atoms with Crippen molar-refractivity contribution >= 4 is 5.91 Å². The number of carbonyl (C=O) groups is 1. The molecule has 0 radical (unpaired) electrons. The molecule has 0 aliphatic rings. The summed E-state index contributed by atoms with van der Waals surface area (Å²) < 4.78 is 5.87. The van der Waals surface area contributed by atoms with E-state index < -0.39 is 6.10 Å². The first kappa shape index (κ1) is 16.5. The van der Waals surface area contributed by atoms with Gasteiger partial charge in [-0.25, -0.2) is 0 Å². The highest BCUT2D eigenvalue weighted by Crippen LogP contribution is 2.28. The van der Waals surface area contributed by atoms with Crippen molar-refractivity contribution < 1.29 is 9.53 Å². The van der Waals surface area contributed by atoms with Gasteiger partial charge in [0, 0.05) is 6.54 Å². The van der Waals surface area contributed by atoms with Gasteiger partial charge in [0.05, 0.1) is 0 Å². The Morgan fingerprint density at radius 1 is 1.30 bits per heavy atom. The normalized spacial score (nSPS) is 12.3. The van der Waals surface area contributed by atoms with Crippen molar-refractivity contribution in [2.45, 2.75) is 59.5 Å². The first-order chi connectivity index (χ1) is 9.45. The number of nitrogens with one attached hydrogen (secondary N) is 1. The molecule has 1 N–H and O–H groups in total. The van der Waals surface area contributed by atoms with Crippen molar-refractivity contribution in [3.8, 4) is 5.75 Å². The number of hydrogen-bond acceptors (Lipinski definition) is 2. The van der Waals surface area contributed by atoms with Crippen LogP contribution in [0, 0.1) is 6.92 Å². The third kappa shape index (κ3) is 4.87. The molecule has 0 saturated carbocycles. The molecule has 1 aromatic rings. The van der Waals surface area contributed by atoms with Gasteiger partial charge in [0.2, 0.25) is 0 Å². The topological polar surface area (TPSA) is 38.3 Å². The van der Waals surface area contributed by atoms with E-state index in [9.17, 15) is 4.79 Å². The summed E-state index contributed by atoms with van der Waals surface area (Å²) in [6, 6.07) is 6.16. The average molecular weight is 277 g/mol. The molecule has 0 spiro atoms. The van der Waals surface area contributed by atoms with E-state index in [-0.39, 0.29) is 5.91 Å². The van der Waals surface area contributed by atoms with Crippen LogP contribution in [-0.2, 0) is 4.79 Å². The molecule has 0 aliphatic carbocycles. The Bertz CT molecular complexity index is 441. The Balaban J connectivity index is 2.71. The molecule has 0 bridgehead atoms. The average Bonchev–Trinajstić information content (AvgIpc) is 2.38. The highest BCUT2D eigenvalue weighted by molar-refractivity contribution is 5.80. The zero-order chi connectivity index (χ0) is 15.1. The van der Waals surface area contributed by atoms with E-state index >= 15 is 0 Å². The van der Waals surface area contributed by atoms with Gasteiger partial charge in [0.15, 0.2) is 6.10 Å². The molecule has 20 heavy (non-hydrogen) atoms. The van der Waals surface area contributed by atoms with E-state index in [0.717, 1.165) is 29.7 Å². The van der Waals surface area contributed by atoms with Crippen LogP contribution in [0.2, 0.25) is 0 Å². The lowest BCUT2D eigenvalue weighted by atomic mass is 10.0. The van der Waals surface area contributed by atoms with E-state index in [1.54, 1.807) is 6.92 Å². The predicted molar refractivity (Wildman–Crippen MR) is 83.3 cm³/mol. The van der Waals surface area contributed by atoms with Gasteiger partial charge in [-0.15, -0.1) is 0 Å². The molecule has 3 heteroatoms. The minimum atomic E-state index is -0.467. The molecule has 1 rings (SSSR count). The number of benzene rings is 1. The zero-order valence-corrected chi connectivity index (χ0v) is 13.3. The first-order valence-corrected chi connectivity index (χ1v) is 7.50. The first-order valence-electron chi connectivity index (χ1n) is 7.50. The molecule has 0 heterocycles. The van der Waals surface area contributed by atoms with Crippen LogP contribution in [0.1, 0.15) is 57.6 Å². The molecule has 1 amide bonds. The molecule has 0 fully saturated rings. The Morgan fingerprint density at radius 3 is 2.60 bits per heavy atom. The van der Waals surface area contributed by atoms with E-state index in [2.05, 4.69) is 38.2 Å². The maximum atomic E-state index is 12.0. The van der Waals surface area contributed by atoms with Crippen LogP contribution in [0.3, 0.4) is 0 Å². The molecule has 0 saturated heterocycles. The molecular formula is C17H27NO2. The van der Waals surface area contributed by atoms with Crippen molar-refractivity contribution in [1.29, 1.82) is 0 Å². The van der Waals surface area contributed by atoms with Crippen molar-refractivity contribution in [2.24, 2.45) is 0 Å². The summed E-state index contributed by atoms with van der Waals surface area (Å²) in [4.78, 5) is 12.0. The SMILES string of the molecule is CCCCNC(=O)[C@H](C)Oc1cc(C)ccc1C(C)C. The van der Waals surface area contributed by atoms with Gasteiger partial charge in [-0.3, -0.25) is 4.79 Å². The quantitative estimate of drug-likeness (QED) is 0.770. The van der Waals surface area contributed by atoms with E-state index in [4.69, 9.17) is 4.74 Å². The maximum Gasteiger partial charge on any atom is 0.260 e. The lowest BCUT2D eigenvalue weighted by Crippen LogP contribution is -2.37. The lowest BCUT2D eigenvalue weighted by Gasteiger charge is -2.19. The predicted octanol–water partition coefficient (Wildman–Crippen LogP) is 3.80. The maximum absolute atomic E-state index is 12.0. The zero-order valence-electron chi connectivity index (χ0n) is 13.3. The molecular weight excluding hydrogens is 250 g/mol. The summed E-state index contributed by atoms with van der Waals surface area (Å²) in [7, 11) is 0. The molecule has 112 valence electrons. The Kier molecular flexibility index (Phi) is 6.56. The standard InChI is InChI=1S/C17H27NO2/c1-6-7-10-18-17(19)14(5)20-16-11-13(4)8-9-15(16)12(2)3/h8-9,11-12,14H,6-7,10H2,1-5H3,(H,18,19)/t14-/m0/s1. The second kappa shape index (κ2) is 7.93. The molecule has 0 unspecified atom stereocenters. The van der Waals surface area contributed by atoms with Gasteiger partial charge in [-0.05, 0) is 43.4 Å². The largest absolute Gasteiger partial charge is 0.481 e. The van der Waals surface area contributed by atoms with Gasteiger partial charge in [-0.1, -0.05) is 39.3 Å². The Hall–Kier alpha value is -1.51. The van der Waals surface area contributed by atoms with Crippen molar-refractivity contribution in [3.05, 3.63) is 29.3 Å². The fourth-order valence-corrected chi connectivity index (χ4v) is 2.00. The summed E-state index contributed by atoms with van der Waals surface area (Å²) in [6.07, 6.45) is 1.61. The highest BCUT2D eigenvalue weighted by atomic mass is 16.5. The Labute approximate surface area is 122 Å². The van der Waals surface area contributed by atoms with Gasteiger partial charge < -0.3 is 10.1 Å². The van der Waals surface area contributed by atoms with Crippen LogP contribution in [-0.4, -0.2) is 18.6 Å². The van der Waals surface area contributed by atoms with Crippen LogP contribution in [0.5, 0.6) is 5.75 Å². The number of aryl methyl sites for hydroxylation is 1. The van der Waals surface area contributed by atoms with Crippen LogP contribution < -0.4 is 10.1 Å². The summed E-state index contributed by atoms with van der Waals surface area (Å²) in [5.74, 6) is 1.15. The number of rotatable bonds is 7. The molecule has 3 nitrogen and oxygen atoms in total. The van der Waals surface area contributed by atoms with Crippen LogP contribution >= 0.6 is 0 Å². The Morgan fingerprint density at radius 2 is 2.00 bits per heavy atom. The van der Waals surface area contributed by atoms with E-state index in [0.29, 0.717) is 12.5 Å². The minimum absolute atomic E-state index is 0.0466. The fourth-order valence-electron chi connectivity index (χ4n) is 2.00. The van der Waals surface area contributed by atoms with Crippen LogP contribution in [0.4, 0.5) is 0 Å². The number of hydrogen-bond donors (Lipinski definition) is 1. The van der Waals surface area contributed by atoms with Crippen molar-refractivity contribution in [1.82, 2.24) is 5.32 Å². The van der Waals surface area contributed by atoms with E-state index in [1.807, 2.05) is 13.0 Å². The molecule has 0 aromatic heterocycles. The molecule has 1 atom stereocenters. The number of carbonyl (C=O) groups excluding carboxylic acids is 1. The van der Waals surface area contributed by atoms with Crippen LogP contribution in [0.15, 0.2) is 18.2 Å². The fraction of sp³-hybridized carbons (Fsp3) is 0.588. The van der Waals surface area contributed by atoms with Gasteiger partial charge in [0.25, 0.3) is 5.91 Å². The summed E-state index contributed by atoms with van der Waals surface area (Å²) in [5.41, 5.74) is 2.28. The van der Waals surface area contributed by atoms with Crippen molar-refractivity contribution in [3.63, 3.8) is 0 Å². The van der Waals surface area contributed by atoms with Crippen molar-refractivity contribution in [2.75, 3.05) is 6.54 Å². The number of ether oxygens (including phenoxy) is 1. The van der Waals surface area contributed by atoms with E-state index in [1.165, 1.54) is 0 Å². The third-order valence-electron chi connectivity index (χ3n) is 3.29. The molecule has 0 aliphatic heterocycles. The van der Waals surface area contributed by atoms with Gasteiger partial charge in [0.1, 0.15) is 5.75 Å². The summed E-state index contributed by atoms with van der Waals surface area (Å²) in [5, 5.41) is 2.90. The number of unbranched alkanes of at least 4 members (excludes halogenated alkanes) is 1. The second-order valence-electron chi connectivity index (χ2n) is 5.60. The second-order valence-corrected chi connectivity index (χ2v) is 5.60. The minimum Gasteiger partial charge on any atom is -0.481 e. The van der Waals surface area contributed by atoms with Gasteiger partial charge in [-0.2, -0.15) is 0 Å².